The van der Waals surface area contributed by atoms with E-state index >= 15 is 0 Å². The molecule has 1 aromatic heterocycles. The minimum Gasteiger partial charge on any atom is -0.491 e. The number of aryl methyl sites for hydroxylation is 1. The molecule has 5 heteroatoms. The second kappa shape index (κ2) is 7.38. The predicted octanol–water partition coefficient (Wildman–Crippen LogP) is 3.45. The number of para-hydroxylation sites is 1. The highest BCUT2D eigenvalue weighted by Crippen LogP contribution is 2.17. The van der Waals surface area contributed by atoms with Crippen molar-refractivity contribution >= 4 is 16.8 Å². The number of aromatic nitrogens is 2. The zero-order valence-electron chi connectivity index (χ0n) is 14.8. The number of amides is 1. The molecule has 0 atom stereocenters. The SMILES string of the molecule is Cc1nn(CC(=O)NCc2ccc(OC(C)C)cc2)c2ccccc12. The van der Waals surface area contributed by atoms with Gasteiger partial charge in [-0.1, -0.05) is 30.3 Å². The molecule has 0 bridgehead atoms. The summed E-state index contributed by atoms with van der Waals surface area (Å²) in [6.45, 7) is 6.64. The van der Waals surface area contributed by atoms with Crippen molar-refractivity contribution in [3.8, 4) is 5.75 Å². The summed E-state index contributed by atoms with van der Waals surface area (Å²) < 4.78 is 7.37. The van der Waals surface area contributed by atoms with Gasteiger partial charge >= 0.3 is 0 Å². The van der Waals surface area contributed by atoms with Crippen molar-refractivity contribution < 1.29 is 9.53 Å². The fourth-order valence-corrected chi connectivity index (χ4v) is 2.76. The molecule has 0 saturated carbocycles. The first-order valence-corrected chi connectivity index (χ1v) is 8.47. The van der Waals surface area contributed by atoms with Crippen LogP contribution in [0.5, 0.6) is 5.75 Å². The van der Waals surface area contributed by atoms with Crippen LogP contribution < -0.4 is 10.1 Å². The van der Waals surface area contributed by atoms with Crippen LogP contribution in [0.1, 0.15) is 25.1 Å². The first-order valence-electron chi connectivity index (χ1n) is 8.47. The van der Waals surface area contributed by atoms with Gasteiger partial charge in [-0.3, -0.25) is 9.48 Å². The zero-order chi connectivity index (χ0) is 17.8. The van der Waals surface area contributed by atoms with E-state index in [2.05, 4.69) is 10.4 Å². The number of carbonyl (C=O) groups excluding carboxylic acids is 1. The zero-order valence-corrected chi connectivity index (χ0v) is 14.8. The Morgan fingerprint density at radius 1 is 1.16 bits per heavy atom. The number of benzene rings is 2. The standard InChI is InChI=1S/C20H23N3O2/c1-14(2)25-17-10-8-16(9-11-17)12-21-20(24)13-23-19-7-5-4-6-18(19)15(3)22-23/h4-11,14H,12-13H2,1-3H3,(H,21,24). The van der Waals surface area contributed by atoms with Crippen LogP contribution in [0, 0.1) is 6.92 Å². The molecule has 0 spiro atoms. The molecule has 3 aromatic rings. The molecule has 3 rings (SSSR count). The average Bonchev–Trinajstić information content (AvgIpc) is 2.90. The van der Waals surface area contributed by atoms with Gasteiger partial charge in [0.25, 0.3) is 0 Å². The minimum absolute atomic E-state index is 0.0595. The van der Waals surface area contributed by atoms with E-state index in [-0.39, 0.29) is 18.6 Å². The molecular weight excluding hydrogens is 314 g/mol. The molecule has 130 valence electrons. The Morgan fingerprint density at radius 2 is 1.88 bits per heavy atom. The summed E-state index contributed by atoms with van der Waals surface area (Å²) in [6.07, 6.45) is 0.151. The minimum atomic E-state index is -0.0595. The third-order valence-electron chi connectivity index (χ3n) is 3.92. The van der Waals surface area contributed by atoms with Crippen molar-refractivity contribution in [1.82, 2.24) is 15.1 Å². The van der Waals surface area contributed by atoms with E-state index in [4.69, 9.17) is 4.74 Å². The summed E-state index contributed by atoms with van der Waals surface area (Å²) in [7, 11) is 0. The first kappa shape index (κ1) is 17.0. The number of nitrogens with one attached hydrogen (secondary N) is 1. The van der Waals surface area contributed by atoms with Gasteiger partial charge in [-0.15, -0.1) is 0 Å². The van der Waals surface area contributed by atoms with E-state index in [9.17, 15) is 4.79 Å². The van der Waals surface area contributed by atoms with Crippen LogP contribution in [0.25, 0.3) is 10.9 Å². The van der Waals surface area contributed by atoms with Crippen molar-refractivity contribution in [2.45, 2.75) is 40.0 Å². The van der Waals surface area contributed by atoms with E-state index in [0.717, 1.165) is 27.9 Å². The number of carbonyl (C=O) groups is 1. The van der Waals surface area contributed by atoms with Crippen molar-refractivity contribution in [2.75, 3.05) is 0 Å². The molecule has 5 nitrogen and oxygen atoms in total. The van der Waals surface area contributed by atoms with Crippen LogP contribution >= 0.6 is 0 Å². The quantitative estimate of drug-likeness (QED) is 0.749. The van der Waals surface area contributed by atoms with E-state index in [1.165, 1.54) is 0 Å². The lowest BCUT2D eigenvalue weighted by molar-refractivity contribution is -0.121. The van der Waals surface area contributed by atoms with Crippen LogP contribution in [-0.4, -0.2) is 21.8 Å². The Hall–Kier alpha value is -2.82. The Balaban J connectivity index is 1.59. The van der Waals surface area contributed by atoms with Gasteiger partial charge < -0.3 is 10.1 Å². The van der Waals surface area contributed by atoms with Gasteiger partial charge in [-0.2, -0.15) is 5.10 Å². The van der Waals surface area contributed by atoms with Crippen LogP contribution in [0.15, 0.2) is 48.5 Å². The number of ether oxygens (including phenoxy) is 1. The van der Waals surface area contributed by atoms with Gasteiger partial charge in [0.05, 0.1) is 17.3 Å². The lowest BCUT2D eigenvalue weighted by atomic mass is 10.2. The van der Waals surface area contributed by atoms with Crippen molar-refractivity contribution in [1.29, 1.82) is 0 Å². The van der Waals surface area contributed by atoms with Gasteiger partial charge in [0.15, 0.2) is 0 Å². The highest BCUT2D eigenvalue weighted by atomic mass is 16.5. The van der Waals surface area contributed by atoms with Crippen LogP contribution in [0.2, 0.25) is 0 Å². The summed E-state index contributed by atoms with van der Waals surface area (Å²) in [4.78, 5) is 12.3. The maximum Gasteiger partial charge on any atom is 0.242 e. The Morgan fingerprint density at radius 3 is 2.60 bits per heavy atom. The number of fused-ring (bicyclic) bond motifs is 1. The highest BCUT2D eigenvalue weighted by Gasteiger charge is 2.10. The molecule has 2 aromatic carbocycles. The van der Waals surface area contributed by atoms with Crippen molar-refractivity contribution in [3.05, 3.63) is 59.8 Å². The molecule has 0 aliphatic carbocycles. The third-order valence-corrected chi connectivity index (χ3v) is 3.92. The number of nitrogens with zero attached hydrogens (tertiary/aromatic N) is 2. The lowest BCUT2D eigenvalue weighted by Gasteiger charge is -2.10. The van der Waals surface area contributed by atoms with Gasteiger partial charge in [-0.25, -0.2) is 0 Å². The highest BCUT2D eigenvalue weighted by molar-refractivity contribution is 5.84. The molecular formula is C20H23N3O2. The molecule has 0 fully saturated rings. The molecule has 25 heavy (non-hydrogen) atoms. The second-order valence-electron chi connectivity index (χ2n) is 6.35. The molecule has 0 unspecified atom stereocenters. The van der Waals surface area contributed by atoms with Crippen LogP contribution in [-0.2, 0) is 17.9 Å². The second-order valence-corrected chi connectivity index (χ2v) is 6.35. The van der Waals surface area contributed by atoms with Gasteiger partial charge in [0, 0.05) is 11.9 Å². The van der Waals surface area contributed by atoms with Crippen molar-refractivity contribution in [2.24, 2.45) is 0 Å². The predicted molar refractivity (Wildman–Crippen MR) is 98.5 cm³/mol. The average molecular weight is 337 g/mol. The molecule has 1 heterocycles. The van der Waals surface area contributed by atoms with E-state index in [1.807, 2.05) is 69.3 Å². The first-order chi connectivity index (χ1) is 12.0. The monoisotopic (exact) mass is 337 g/mol. The van der Waals surface area contributed by atoms with Crippen LogP contribution in [0.3, 0.4) is 0 Å². The fraction of sp³-hybridized carbons (Fsp3) is 0.300. The molecule has 0 aliphatic rings. The Kier molecular flexibility index (Phi) is 5.03. The van der Waals surface area contributed by atoms with E-state index < -0.39 is 0 Å². The summed E-state index contributed by atoms with van der Waals surface area (Å²) in [5.41, 5.74) is 2.94. The fourth-order valence-electron chi connectivity index (χ4n) is 2.76. The van der Waals surface area contributed by atoms with Crippen molar-refractivity contribution in [3.63, 3.8) is 0 Å². The largest absolute Gasteiger partial charge is 0.491 e. The molecule has 0 radical (unpaired) electrons. The third kappa shape index (κ3) is 4.18. The number of hydrogen-bond acceptors (Lipinski definition) is 3. The Bertz CT molecular complexity index is 866. The van der Waals surface area contributed by atoms with Gasteiger partial charge in [0.2, 0.25) is 5.91 Å². The molecule has 0 aliphatic heterocycles. The molecule has 1 amide bonds. The maximum absolute atomic E-state index is 12.3. The Labute approximate surface area is 147 Å². The number of hydrogen-bond donors (Lipinski definition) is 1. The van der Waals surface area contributed by atoms with E-state index in [1.54, 1.807) is 4.68 Å². The number of rotatable bonds is 6. The normalized spacial score (nSPS) is 11.0. The van der Waals surface area contributed by atoms with E-state index in [0.29, 0.717) is 6.54 Å². The smallest absolute Gasteiger partial charge is 0.242 e. The summed E-state index contributed by atoms with van der Waals surface area (Å²) >= 11 is 0. The summed E-state index contributed by atoms with van der Waals surface area (Å²) in [6, 6.07) is 15.7. The van der Waals surface area contributed by atoms with Crippen LogP contribution in [0.4, 0.5) is 0 Å². The summed E-state index contributed by atoms with van der Waals surface area (Å²) in [5, 5.41) is 8.48. The van der Waals surface area contributed by atoms with Gasteiger partial charge in [0.1, 0.15) is 12.3 Å². The van der Waals surface area contributed by atoms with Gasteiger partial charge in [-0.05, 0) is 44.5 Å². The maximum atomic E-state index is 12.3. The molecule has 1 N–H and O–H groups in total. The lowest BCUT2D eigenvalue weighted by Crippen LogP contribution is -2.27. The summed E-state index contributed by atoms with van der Waals surface area (Å²) in [5.74, 6) is 0.777. The molecule has 0 saturated heterocycles. The topological polar surface area (TPSA) is 56.2 Å².